The average molecular weight is 395 g/mol. The SMILES string of the molecule is Cc1ccccc1C(=O)NCCC(=O)OCc1csc(Nc2ccccc2)n1. The summed E-state index contributed by atoms with van der Waals surface area (Å²) in [7, 11) is 0. The molecule has 7 heteroatoms. The van der Waals surface area contributed by atoms with Crippen LogP contribution in [0.25, 0.3) is 0 Å². The summed E-state index contributed by atoms with van der Waals surface area (Å²) >= 11 is 1.45. The molecule has 1 heterocycles. The summed E-state index contributed by atoms with van der Waals surface area (Å²) < 4.78 is 5.23. The molecular weight excluding hydrogens is 374 g/mol. The van der Waals surface area contributed by atoms with Gasteiger partial charge >= 0.3 is 5.97 Å². The van der Waals surface area contributed by atoms with Gasteiger partial charge in [0.15, 0.2) is 5.13 Å². The lowest BCUT2D eigenvalue weighted by molar-refractivity contribution is -0.144. The number of ether oxygens (including phenoxy) is 1. The van der Waals surface area contributed by atoms with Gasteiger partial charge in [0.2, 0.25) is 0 Å². The van der Waals surface area contributed by atoms with Crippen LogP contribution in [0.3, 0.4) is 0 Å². The highest BCUT2D eigenvalue weighted by atomic mass is 32.1. The Morgan fingerprint density at radius 1 is 1.07 bits per heavy atom. The molecule has 0 unspecified atom stereocenters. The summed E-state index contributed by atoms with van der Waals surface area (Å²) in [5.41, 5.74) is 3.13. The molecule has 3 rings (SSSR count). The van der Waals surface area contributed by atoms with Gasteiger partial charge in [0.25, 0.3) is 5.91 Å². The number of anilines is 2. The number of esters is 1. The monoisotopic (exact) mass is 395 g/mol. The second kappa shape index (κ2) is 9.66. The van der Waals surface area contributed by atoms with Crippen molar-refractivity contribution in [2.24, 2.45) is 0 Å². The van der Waals surface area contributed by atoms with Gasteiger partial charge in [-0.05, 0) is 30.7 Å². The van der Waals surface area contributed by atoms with E-state index in [9.17, 15) is 9.59 Å². The minimum absolute atomic E-state index is 0.108. The normalized spacial score (nSPS) is 10.3. The molecule has 0 saturated carbocycles. The Hall–Kier alpha value is -3.19. The number of aryl methyl sites for hydroxylation is 1. The Morgan fingerprint density at radius 2 is 1.82 bits per heavy atom. The van der Waals surface area contributed by atoms with Gasteiger partial charge in [0.05, 0.1) is 12.1 Å². The first kappa shape index (κ1) is 19.6. The third-order valence-electron chi connectivity index (χ3n) is 3.96. The van der Waals surface area contributed by atoms with Crippen LogP contribution in [-0.2, 0) is 16.1 Å². The number of rotatable bonds is 8. The Morgan fingerprint density at radius 3 is 2.61 bits per heavy atom. The van der Waals surface area contributed by atoms with E-state index in [4.69, 9.17) is 4.74 Å². The Labute approximate surface area is 167 Å². The molecule has 28 heavy (non-hydrogen) atoms. The van der Waals surface area contributed by atoms with Crippen LogP contribution in [0.4, 0.5) is 10.8 Å². The van der Waals surface area contributed by atoms with Crippen molar-refractivity contribution in [2.45, 2.75) is 20.0 Å². The van der Waals surface area contributed by atoms with E-state index >= 15 is 0 Å². The first-order valence-electron chi connectivity index (χ1n) is 8.88. The topological polar surface area (TPSA) is 80.3 Å². The number of thiazole rings is 1. The maximum absolute atomic E-state index is 12.1. The third kappa shape index (κ3) is 5.65. The van der Waals surface area contributed by atoms with Crippen LogP contribution in [-0.4, -0.2) is 23.4 Å². The number of aromatic nitrogens is 1. The first-order chi connectivity index (χ1) is 13.6. The van der Waals surface area contributed by atoms with Crippen LogP contribution in [0.2, 0.25) is 0 Å². The molecule has 0 fully saturated rings. The van der Waals surface area contributed by atoms with E-state index in [0.29, 0.717) is 11.3 Å². The van der Waals surface area contributed by atoms with Gasteiger partial charge in [-0.2, -0.15) is 0 Å². The standard InChI is InChI=1S/C21H21N3O3S/c1-15-7-5-6-10-18(15)20(26)22-12-11-19(25)27-13-17-14-28-21(24-17)23-16-8-3-2-4-9-16/h2-10,14H,11-13H2,1H3,(H,22,26)(H,23,24). The minimum atomic E-state index is -0.379. The van der Waals surface area contributed by atoms with E-state index in [-0.39, 0.29) is 31.4 Å². The summed E-state index contributed by atoms with van der Waals surface area (Å²) in [6.07, 6.45) is 0.108. The van der Waals surface area contributed by atoms with Crippen LogP contribution in [0.1, 0.15) is 28.0 Å². The molecule has 0 aliphatic carbocycles. The summed E-state index contributed by atoms with van der Waals surface area (Å²) in [6, 6.07) is 17.0. The Kier molecular flexibility index (Phi) is 6.75. The molecule has 0 saturated heterocycles. The number of hydrogen-bond acceptors (Lipinski definition) is 6. The Bertz CT molecular complexity index is 941. The lowest BCUT2D eigenvalue weighted by atomic mass is 10.1. The zero-order chi connectivity index (χ0) is 19.8. The second-order valence-corrected chi connectivity index (χ2v) is 6.97. The molecule has 2 aromatic carbocycles. The fraction of sp³-hybridized carbons (Fsp3) is 0.190. The lowest BCUT2D eigenvalue weighted by Crippen LogP contribution is -2.27. The molecule has 0 aliphatic rings. The fourth-order valence-electron chi connectivity index (χ4n) is 2.50. The average Bonchev–Trinajstić information content (AvgIpc) is 3.15. The van der Waals surface area contributed by atoms with Crippen molar-refractivity contribution in [1.82, 2.24) is 10.3 Å². The zero-order valence-corrected chi connectivity index (χ0v) is 16.3. The van der Waals surface area contributed by atoms with Gasteiger partial charge in [-0.3, -0.25) is 9.59 Å². The third-order valence-corrected chi connectivity index (χ3v) is 4.77. The van der Waals surface area contributed by atoms with E-state index in [1.54, 1.807) is 6.07 Å². The van der Waals surface area contributed by atoms with Crippen molar-refractivity contribution in [2.75, 3.05) is 11.9 Å². The van der Waals surface area contributed by atoms with Crippen molar-refractivity contribution in [3.05, 3.63) is 76.8 Å². The molecule has 1 aromatic heterocycles. The molecule has 3 aromatic rings. The van der Waals surface area contributed by atoms with Crippen LogP contribution < -0.4 is 10.6 Å². The molecule has 0 aliphatic heterocycles. The smallest absolute Gasteiger partial charge is 0.307 e. The van der Waals surface area contributed by atoms with Gasteiger partial charge in [-0.15, -0.1) is 11.3 Å². The van der Waals surface area contributed by atoms with Gasteiger partial charge in [-0.25, -0.2) is 4.98 Å². The summed E-state index contributed by atoms with van der Waals surface area (Å²) in [5, 5.41) is 8.52. The number of amides is 1. The number of para-hydroxylation sites is 1. The van der Waals surface area contributed by atoms with E-state index < -0.39 is 0 Å². The lowest BCUT2D eigenvalue weighted by Gasteiger charge is -2.07. The molecular formula is C21H21N3O3S. The van der Waals surface area contributed by atoms with Crippen molar-refractivity contribution >= 4 is 34.0 Å². The maximum atomic E-state index is 12.1. The van der Waals surface area contributed by atoms with E-state index in [1.165, 1.54) is 11.3 Å². The van der Waals surface area contributed by atoms with Gasteiger partial charge < -0.3 is 15.4 Å². The molecule has 0 bridgehead atoms. The van der Waals surface area contributed by atoms with Crippen molar-refractivity contribution < 1.29 is 14.3 Å². The quantitative estimate of drug-likeness (QED) is 0.562. The van der Waals surface area contributed by atoms with Crippen molar-refractivity contribution in [3.63, 3.8) is 0 Å². The summed E-state index contributed by atoms with van der Waals surface area (Å²) in [5.74, 6) is -0.572. The number of benzene rings is 2. The molecule has 0 spiro atoms. The molecule has 1 amide bonds. The van der Waals surface area contributed by atoms with Gasteiger partial charge in [0.1, 0.15) is 6.61 Å². The highest BCUT2D eigenvalue weighted by Gasteiger charge is 2.10. The predicted molar refractivity (Wildman–Crippen MR) is 110 cm³/mol. The number of nitrogens with one attached hydrogen (secondary N) is 2. The van der Waals surface area contributed by atoms with E-state index in [2.05, 4.69) is 15.6 Å². The molecule has 0 radical (unpaired) electrons. The zero-order valence-electron chi connectivity index (χ0n) is 15.5. The van der Waals surface area contributed by atoms with Crippen molar-refractivity contribution in [3.8, 4) is 0 Å². The molecule has 0 atom stereocenters. The predicted octanol–water partition coefficient (Wildman–Crippen LogP) is 4.06. The maximum Gasteiger partial charge on any atom is 0.307 e. The number of carbonyl (C=O) groups excluding carboxylic acids is 2. The van der Waals surface area contributed by atoms with Crippen LogP contribution >= 0.6 is 11.3 Å². The van der Waals surface area contributed by atoms with Crippen LogP contribution in [0.15, 0.2) is 60.0 Å². The number of carbonyl (C=O) groups is 2. The summed E-state index contributed by atoms with van der Waals surface area (Å²) in [6.45, 7) is 2.21. The number of nitrogens with zero attached hydrogens (tertiary/aromatic N) is 1. The minimum Gasteiger partial charge on any atom is -0.459 e. The van der Waals surface area contributed by atoms with Crippen LogP contribution in [0, 0.1) is 6.92 Å². The van der Waals surface area contributed by atoms with Gasteiger partial charge in [0, 0.05) is 23.2 Å². The second-order valence-electron chi connectivity index (χ2n) is 6.12. The summed E-state index contributed by atoms with van der Waals surface area (Å²) in [4.78, 5) is 28.4. The largest absolute Gasteiger partial charge is 0.459 e. The highest BCUT2D eigenvalue weighted by Crippen LogP contribution is 2.21. The molecule has 2 N–H and O–H groups in total. The first-order valence-corrected chi connectivity index (χ1v) is 9.76. The van der Waals surface area contributed by atoms with E-state index in [0.717, 1.165) is 16.4 Å². The molecule has 144 valence electrons. The Balaban J connectivity index is 1.39. The van der Waals surface area contributed by atoms with Gasteiger partial charge in [-0.1, -0.05) is 36.4 Å². The number of hydrogen-bond donors (Lipinski definition) is 2. The van der Waals surface area contributed by atoms with Crippen LogP contribution in [0.5, 0.6) is 0 Å². The van der Waals surface area contributed by atoms with E-state index in [1.807, 2.05) is 60.8 Å². The van der Waals surface area contributed by atoms with Crippen molar-refractivity contribution in [1.29, 1.82) is 0 Å². The highest BCUT2D eigenvalue weighted by molar-refractivity contribution is 7.13. The molecule has 6 nitrogen and oxygen atoms in total. The fourth-order valence-corrected chi connectivity index (χ4v) is 3.22.